The van der Waals surface area contributed by atoms with Crippen molar-refractivity contribution >= 4 is 11.6 Å². The zero-order chi connectivity index (χ0) is 15.6. The Balaban J connectivity index is 1.64. The van der Waals surface area contributed by atoms with Gasteiger partial charge in [0.25, 0.3) is 0 Å². The molecular formula is C17H28N4O. The molecule has 1 aromatic rings. The number of ether oxygens (including phenoxy) is 1. The number of hydrogen-bond donors (Lipinski definition) is 2. The minimum Gasteiger partial charge on any atom is -0.379 e. The van der Waals surface area contributed by atoms with Crippen LogP contribution in [0.15, 0.2) is 29.3 Å². The molecule has 0 atom stereocenters. The summed E-state index contributed by atoms with van der Waals surface area (Å²) in [6.07, 6.45) is 3.24. The first-order valence-electron chi connectivity index (χ1n) is 8.24. The number of hydrogen-bond acceptors (Lipinski definition) is 3. The maximum absolute atomic E-state index is 5.93. The van der Waals surface area contributed by atoms with Crippen molar-refractivity contribution in [1.29, 1.82) is 0 Å². The van der Waals surface area contributed by atoms with Crippen LogP contribution in [0.5, 0.6) is 0 Å². The molecule has 5 nitrogen and oxygen atoms in total. The number of nitrogens with two attached hydrogens (primary N) is 1. The van der Waals surface area contributed by atoms with E-state index in [2.05, 4.69) is 34.3 Å². The van der Waals surface area contributed by atoms with Crippen molar-refractivity contribution in [2.75, 3.05) is 44.7 Å². The molecule has 1 aliphatic rings. The third kappa shape index (κ3) is 6.03. The summed E-state index contributed by atoms with van der Waals surface area (Å²) < 4.78 is 5.34. The Hall–Kier alpha value is -1.59. The number of anilines is 1. The van der Waals surface area contributed by atoms with Crippen LogP contribution in [0.2, 0.25) is 0 Å². The maximum Gasteiger partial charge on any atom is 0.193 e. The Labute approximate surface area is 133 Å². The zero-order valence-corrected chi connectivity index (χ0v) is 13.6. The van der Waals surface area contributed by atoms with E-state index in [0.717, 1.165) is 64.3 Å². The van der Waals surface area contributed by atoms with Gasteiger partial charge < -0.3 is 15.8 Å². The number of benzene rings is 1. The molecule has 0 saturated carbocycles. The number of guanidine groups is 1. The van der Waals surface area contributed by atoms with Crippen LogP contribution in [0, 0.1) is 0 Å². The van der Waals surface area contributed by atoms with Gasteiger partial charge >= 0.3 is 0 Å². The van der Waals surface area contributed by atoms with E-state index >= 15 is 0 Å². The Kier molecular flexibility index (Phi) is 7.19. The summed E-state index contributed by atoms with van der Waals surface area (Å²) in [7, 11) is 0. The van der Waals surface area contributed by atoms with Gasteiger partial charge in [0.15, 0.2) is 5.96 Å². The van der Waals surface area contributed by atoms with Gasteiger partial charge in [-0.05, 0) is 43.5 Å². The first kappa shape index (κ1) is 16.8. The molecule has 5 heteroatoms. The Morgan fingerprint density at radius 3 is 2.91 bits per heavy atom. The molecule has 1 heterocycles. The molecule has 3 N–H and O–H groups in total. The first-order chi connectivity index (χ1) is 10.8. The van der Waals surface area contributed by atoms with E-state index in [1.165, 1.54) is 5.56 Å². The molecular weight excluding hydrogens is 276 g/mol. The molecule has 0 unspecified atom stereocenters. The molecule has 1 saturated heterocycles. The largest absolute Gasteiger partial charge is 0.379 e. The summed E-state index contributed by atoms with van der Waals surface area (Å²) in [4.78, 5) is 6.85. The van der Waals surface area contributed by atoms with Gasteiger partial charge in [0.1, 0.15) is 0 Å². The number of rotatable bonds is 7. The van der Waals surface area contributed by atoms with Crippen LogP contribution in [0.1, 0.15) is 25.3 Å². The quantitative estimate of drug-likeness (QED) is 0.460. The van der Waals surface area contributed by atoms with Crippen molar-refractivity contribution in [2.24, 2.45) is 10.7 Å². The number of aryl methyl sites for hydroxylation is 1. The standard InChI is InChI=1S/C17H28N4O/c1-2-15-6-5-7-16(14-15)20-17(18)19-8-3-4-9-21-10-12-22-13-11-21/h5-7,14H,2-4,8-13H2,1H3,(H3,18,19,20). The number of morpholine rings is 1. The lowest BCUT2D eigenvalue weighted by Gasteiger charge is -2.26. The Morgan fingerprint density at radius 2 is 2.14 bits per heavy atom. The van der Waals surface area contributed by atoms with Gasteiger partial charge in [-0.15, -0.1) is 0 Å². The maximum atomic E-state index is 5.93. The third-order valence-electron chi connectivity index (χ3n) is 3.88. The summed E-state index contributed by atoms with van der Waals surface area (Å²) in [5.74, 6) is 0.500. The number of aliphatic imine (C=N–C) groups is 1. The van der Waals surface area contributed by atoms with Gasteiger partial charge in [-0.3, -0.25) is 9.89 Å². The van der Waals surface area contributed by atoms with Crippen molar-refractivity contribution in [1.82, 2.24) is 4.90 Å². The van der Waals surface area contributed by atoms with Gasteiger partial charge in [0.05, 0.1) is 13.2 Å². The summed E-state index contributed by atoms with van der Waals surface area (Å²) in [6, 6.07) is 8.28. The van der Waals surface area contributed by atoms with E-state index in [4.69, 9.17) is 10.5 Å². The van der Waals surface area contributed by atoms with Gasteiger partial charge in [0.2, 0.25) is 0 Å². The molecule has 0 amide bonds. The molecule has 1 fully saturated rings. The van der Waals surface area contributed by atoms with Crippen molar-refractivity contribution in [3.8, 4) is 0 Å². The summed E-state index contributed by atoms with van der Waals surface area (Å²) in [5, 5.41) is 3.16. The van der Waals surface area contributed by atoms with E-state index in [1.807, 2.05) is 12.1 Å². The van der Waals surface area contributed by atoms with E-state index in [9.17, 15) is 0 Å². The summed E-state index contributed by atoms with van der Waals surface area (Å²) in [6.45, 7) is 7.89. The van der Waals surface area contributed by atoms with Crippen LogP contribution in [0.3, 0.4) is 0 Å². The molecule has 22 heavy (non-hydrogen) atoms. The van der Waals surface area contributed by atoms with E-state index in [1.54, 1.807) is 0 Å². The van der Waals surface area contributed by atoms with Crippen LogP contribution in [-0.2, 0) is 11.2 Å². The monoisotopic (exact) mass is 304 g/mol. The predicted octanol–water partition coefficient (Wildman–Crippen LogP) is 2.09. The highest BCUT2D eigenvalue weighted by atomic mass is 16.5. The lowest BCUT2D eigenvalue weighted by atomic mass is 10.1. The number of unbranched alkanes of at least 4 members (excludes halogenated alkanes) is 1. The third-order valence-corrected chi connectivity index (χ3v) is 3.88. The summed E-state index contributed by atoms with van der Waals surface area (Å²) in [5.41, 5.74) is 8.24. The molecule has 0 bridgehead atoms. The Morgan fingerprint density at radius 1 is 1.32 bits per heavy atom. The second kappa shape index (κ2) is 9.43. The average molecular weight is 304 g/mol. The molecule has 1 aromatic carbocycles. The van der Waals surface area contributed by atoms with Crippen LogP contribution < -0.4 is 11.1 Å². The molecule has 0 spiro atoms. The fourth-order valence-corrected chi connectivity index (χ4v) is 2.53. The van der Waals surface area contributed by atoms with Crippen molar-refractivity contribution in [3.05, 3.63) is 29.8 Å². The highest BCUT2D eigenvalue weighted by Crippen LogP contribution is 2.10. The predicted molar refractivity (Wildman–Crippen MR) is 92.4 cm³/mol. The van der Waals surface area contributed by atoms with E-state index in [-0.39, 0.29) is 0 Å². The lowest BCUT2D eigenvalue weighted by molar-refractivity contribution is 0.0373. The average Bonchev–Trinajstić information content (AvgIpc) is 2.55. The topological polar surface area (TPSA) is 62.9 Å². The first-order valence-corrected chi connectivity index (χ1v) is 8.24. The lowest BCUT2D eigenvalue weighted by Crippen LogP contribution is -2.36. The van der Waals surface area contributed by atoms with Crippen molar-refractivity contribution < 1.29 is 4.74 Å². The second-order valence-corrected chi connectivity index (χ2v) is 5.61. The van der Waals surface area contributed by atoms with Gasteiger partial charge in [-0.1, -0.05) is 19.1 Å². The second-order valence-electron chi connectivity index (χ2n) is 5.61. The molecule has 0 aliphatic carbocycles. The van der Waals surface area contributed by atoms with E-state index < -0.39 is 0 Å². The van der Waals surface area contributed by atoms with E-state index in [0.29, 0.717) is 5.96 Å². The van der Waals surface area contributed by atoms with Gasteiger partial charge in [-0.2, -0.15) is 0 Å². The van der Waals surface area contributed by atoms with Crippen molar-refractivity contribution in [2.45, 2.75) is 26.2 Å². The minimum absolute atomic E-state index is 0.500. The highest BCUT2D eigenvalue weighted by molar-refractivity contribution is 5.92. The molecule has 122 valence electrons. The highest BCUT2D eigenvalue weighted by Gasteiger charge is 2.08. The molecule has 0 aromatic heterocycles. The van der Waals surface area contributed by atoms with Crippen LogP contribution in [0.4, 0.5) is 5.69 Å². The molecule has 1 aliphatic heterocycles. The zero-order valence-electron chi connectivity index (χ0n) is 13.6. The van der Waals surface area contributed by atoms with Crippen LogP contribution >= 0.6 is 0 Å². The fourth-order valence-electron chi connectivity index (χ4n) is 2.53. The van der Waals surface area contributed by atoms with Crippen LogP contribution in [-0.4, -0.2) is 50.3 Å². The van der Waals surface area contributed by atoms with Gasteiger partial charge in [0, 0.05) is 25.3 Å². The van der Waals surface area contributed by atoms with Gasteiger partial charge in [-0.25, -0.2) is 0 Å². The minimum atomic E-state index is 0.500. The fraction of sp³-hybridized carbons (Fsp3) is 0.588. The summed E-state index contributed by atoms with van der Waals surface area (Å²) >= 11 is 0. The normalized spacial score (nSPS) is 16.7. The molecule has 0 radical (unpaired) electrons. The van der Waals surface area contributed by atoms with Crippen molar-refractivity contribution in [3.63, 3.8) is 0 Å². The Bertz CT molecular complexity index is 469. The number of nitrogens with zero attached hydrogens (tertiary/aromatic N) is 2. The molecule has 2 rings (SSSR count). The van der Waals surface area contributed by atoms with Crippen LogP contribution in [0.25, 0.3) is 0 Å². The number of nitrogens with one attached hydrogen (secondary N) is 1. The smallest absolute Gasteiger partial charge is 0.193 e. The SMILES string of the molecule is CCc1cccc(NC(N)=NCCCCN2CCOCC2)c1.